The molecule has 4 rings (SSSR count). The van der Waals surface area contributed by atoms with Crippen molar-refractivity contribution in [1.82, 2.24) is 14.4 Å². The fraction of sp³-hybridized carbons (Fsp3) is 0.600. The molecule has 1 saturated heterocycles. The van der Waals surface area contributed by atoms with E-state index >= 15 is 0 Å². The number of aryl methyl sites for hydroxylation is 1. The molecule has 0 radical (unpaired) electrons. The van der Waals surface area contributed by atoms with E-state index in [1.165, 1.54) is 0 Å². The largest absolute Gasteiger partial charge is 0.444 e. The maximum absolute atomic E-state index is 13.5. The summed E-state index contributed by atoms with van der Waals surface area (Å²) in [5.74, 6) is -0.0761. The number of hydrogen-bond acceptors (Lipinski definition) is 5. The molecule has 1 aromatic heterocycles. The Hall–Kier alpha value is -2.58. The Labute approximate surface area is 195 Å². The van der Waals surface area contributed by atoms with Crippen LogP contribution in [0.3, 0.4) is 0 Å². The summed E-state index contributed by atoms with van der Waals surface area (Å²) >= 11 is 0. The lowest BCUT2D eigenvalue weighted by molar-refractivity contribution is -0.150. The first-order valence-corrected chi connectivity index (χ1v) is 11.8. The van der Waals surface area contributed by atoms with Crippen LogP contribution in [0.5, 0.6) is 0 Å². The molecule has 180 valence electrons. The van der Waals surface area contributed by atoms with Crippen molar-refractivity contribution in [2.75, 3.05) is 26.3 Å². The van der Waals surface area contributed by atoms with Crippen LogP contribution < -0.4 is 0 Å². The summed E-state index contributed by atoms with van der Waals surface area (Å²) in [7, 11) is 0. The Kier molecular flexibility index (Phi) is 6.68. The predicted octanol–water partition coefficient (Wildman–Crippen LogP) is 3.07. The van der Waals surface area contributed by atoms with Crippen molar-refractivity contribution in [3.63, 3.8) is 0 Å². The van der Waals surface area contributed by atoms with Crippen LogP contribution in [0.25, 0.3) is 10.9 Å². The van der Waals surface area contributed by atoms with Gasteiger partial charge in [-0.3, -0.25) is 4.79 Å². The third-order valence-electron chi connectivity index (χ3n) is 6.10. The molecular formula is C25H35N3O5. The van der Waals surface area contributed by atoms with E-state index in [2.05, 4.69) is 35.9 Å². The highest BCUT2D eigenvalue weighted by Gasteiger charge is 2.39. The minimum atomic E-state index is -0.684. The second-order valence-corrected chi connectivity index (χ2v) is 10.1. The van der Waals surface area contributed by atoms with Gasteiger partial charge >= 0.3 is 6.09 Å². The van der Waals surface area contributed by atoms with E-state index in [4.69, 9.17) is 9.47 Å². The smallest absolute Gasteiger partial charge is 0.410 e. The van der Waals surface area contributed by atoms with Crippen molar-refractivity contribution in [3.05, 3.63) is 35.5 Å². The van der Waals surface area contributed by atoms with E-state index in [0.29, 0.717) is 26.2 Å². The summed E-state index contributed by atoms with van der Waals surface area (Å²) < 4.78 is 13.3. The second kappa shape index (κ2) is 9.35. The van der Waals surface area contributed by atoms with Crippen molar-refractivity contribution in [1.29, 1.82) is 0 Å². The van der Waals surface area contributed by atoms with E-state index in [9.17, 15) is 14.7 Å². The standard InChI is InChI=1S/C25H35N3O5/c1-17-14-26(9-11-29)21-13-18(5-8-20(17)21)15-28(19-6-7-19)23(30)22-16-27(10-12-32-22)24(31)33-25(2,3)4/h5,8,13-14,19,22,29H,6-7,9-12,15-16H2,1-4H3. The second-order valence-electron chi connectivity index (χ2n) is 10.1. The van der Waals surface area contributed by atoms with Gasteiger partial charge in [0.15, 0.2) is 6.10 Å². The van der Waals surface area contributed by atoms with E-state index in [0.717, 1.165) is 34.9 Å². The van der Waals surface area contributed by atoms with Gasteiger partial charge in [-0.1, -0.05) is 12.1 Å². The number of aliphatic hydroxyl groups is 1. The van der Waals surface area contributed by atoms with Gasteiger partial charge < -0.3 is 28.9 Å². The minimum Gasteiger partial charge on any atom is -0.444 e. The number of nitrogens with zero attached hydrogens (tertiary/aromatic N) is 3. The molecule has 1 aliphatic carbocycles. The molecule has 1 atom stereocenters. The lowest BCUT2D eigenvalue weighted by atomic mass is 10.1. The van der Waals surface area contributed by atoms with Crippen molar-refractivity contribution in [2.24, 2.45) is 0 Å². The molecule has 1 N–H and O–H groups in total. The maximum atomic E-state index is 13.5. The number of rotatable bonds is 6. The molecule has 33 heavy (non-hydrogen) atoms. The average molecular weight is 458 g/mol. The average Bonchev–Trinajstić information content (AvgIpc) is 3.56. The van der Waals surface area contributed by atoms with Gasteiger partial charge in [0.2, 0.25) is 0 Å². The number of fused-ring (bicyclic) bond motifs is 1. The SMILES string of the molecule is Cc1cn(CCO)c2cc(CN(C(=O)C3CN(C(=O)OC(C)(C)C)CCO3)C3CC3)ccc12. The number of carbonyl (C=O) groups excluding carboxylic acids is 2. The first kappa shape index (κ1) is 23.6. The van der Waals surface area contributed by atoms with E-state index < -0.39 is 17.8 Å². The molecular weight excluding hydrogens is 422 g/mol. The van der Waals surface area contributed by atoms with Crippen LogP contribution in [-0.4, -0.2) is 75.5 Å². The zero-order valence-corrected chi connectivity index (χ0v) is 20.0. The first-order chi connectivity index (χ1) is 15.7. The van der Waals surface area contributed by atoms with Gasteiger partial charge in [0, 0.05) is 42.8 Å². The Morgan fingerprint density at radius 1 is 1.27 bits per heavy atom. The van der Waals surface area contributed by atoms with Gasteiger partial charge in [-0.25, -0.2) is 4.79 Å². The Morgan fingerprint density at radius 2 is 2.03 bits per heavy atom. The number of benzene rings is 1. The molecule has 2 aliphatic rings. The summed E-state index contributed by atoms with van der Waals surface area (Å²) in [5.41, 5.74) is 2.68. The molecule has 2 fully saturated rings. The minimum absolute atomic E-state index is 0.0761. The Balaban J connectivity index is 1.49. The normalized spacial score (nSPS) is 19.1. The summed E-state index contributed by atoms with van der Waals surface area (Å²) in [4.78, 5) is 29.4. The third kappa shape index (κ3) is 5.50. The van der Waals surface area contributed by atoms with Crippen LogP contribution in [0.15, 0.2) is 24.4 Å². The van der Waals surface area contributed by atoms with Crippen LogP contribution in [0.1, 0.15) is 44.7 Å². The Morgan fingerprint density at radius 3 is 2.70 bits per heavy atom. The zero-order valence-electron chi connectivity index (χ0n) is 20.0. The first-order valence-electron chi connectivity index (χ1n) is 11.8. The van der Waals surface area contributed by atoms with Crippen LogP contribution in [0.2, 0.25) is 0 Å². The van der Waals surface area contributed by atoms with Crippen LogP contribution in [0.4, 0.5) is 4.79 Å². The van der Waals surface area contributed by atoms with Gasteiger partial charge in [-0.15, -0.1) is 0 Å². The number of carbonyl (C=O) groups is 2. The van der Waals surface area contributed by atoms with Crippen molar-refractivity contribution < 1.29 is 24.2 Å². The zero-order chi connectivity index (χ0) is 23.8. The fourth-order valence-corrected chi connectivity index (χ4v) is 4.36. The third-order valence-corrected chi connectivity index (χ3v) is 6.10. The van der Waals surface area contributed by atoms with Gasteiger partial charge in [0.1, 0.15) is 5.60 Å². The van der Waals surface area contributed by atoms with E-state index in [1.807, 2.05) is 25.7 Å². The van der Waals surface area contributed by atoms with Crippen LogP contribution >= 0.6 is 0 Å². The maximum Gasteiger partial charge on any atom is 0.410 e. The van der Waals surface area contributed by atoms with Gasteiger partial charge in [0.05, 0.1) is 19.8 Å². The highest BCUT2D eigenvalue weighted by molar-refractivity contribution is 5.85. The molecule has 1 saturated carbocycles. The highest BCUT2D eigenvalue weighted by atomic mass is 16.6. The number of hydrogen-bond donors (Lipinski definition) is 1. The fourth-order valence-electron chi connectivity index (χ4n) is 4.36. The van der Waals surface area contributed by atoms with E-state index in [1.54, 1.807) is 4.90 Å². The van der Waals surface area contributed by atoms with Crippen molar-refractivity contribution in [2.45, 2.75) is 71.4 Å². The summed E-state index contributed by atoms with van der Waals surface area (Å²) in [6.07, 6.45) is 2.92. The van der Waals surface area contributed by atoms with Crippen LogP contribution in [-0.2, 0) is 27.4 Å². The number of aromatic nitrogens is 1. The topological polar surface area (TPSA) is 84.2 Å². The molecule has 2 amide bonds. The monoisotopic (exact) mass is 457 g/mol. The molecule has 2 heterocycles. The molecule has 0 bridgehead atoms. The summed E-state index contributed by atoms with van der Waals surface area (Å²) in [6, 6.07) is 6.47. The van der Waals surface area contributed by atoms with Crippen molar-refractivity contribution in [3.8, 4) is 0 Å². The lowest BCUT2D eigenvalue weighted by Gasteiger charge is -2.36. The predicted molar refractivity (Wildman–Crippen MR) is 125 cm³/mol. The molecule has 2 aromatic rings. The highest BCUT2D eigenvalue weighted by Crippen LogP contribution is 2.31. The van der Waals surface area contributed by atoms with Gasteiger partial charge in [-0.05, 0) is 57.7 Å². The van der Waals surface area contributed by atoms with E-state index in [-0.39, 0.29) is 25.1 Å². The molecule has 8 heteroatoms. The number of amides is 2. The number of ether oxygens (including phenoxy) is 2. The molecule has 1 aliphatic heterocycles. The van der Waals surface area contributed by atoms with Crippen LogP contribution in [0, 0.1) is 6.92 Å². The number of morpholine rings is 1. The summed E-state index contributed by atoms with van der Waals surface area (Å²) in [6.45, 7) is 9.60. The van der Waals surface area contributed by atoms with Gasteiger partial charge in [0.25, 0.3) is 5.91 Å². The summed E-state index contributed by atoms with van der Waals surface area (Å²) in [5, 5.41) is 10.6. The molecule has 0 spiro atoms. The Bertz CT molecular complexity index is 1020. The quantitative estimate of drug-likeness (QED) is 0.721. The lowest BCUT2D eigenvalue weighted by Crippen LogP contribution is -2.53. The molecule has 1 unspecified atom stereocenters. The van der Waals surface area contributed by atoms with Crippen molar-refractivity contribution >= 4 is 22.9 Å². The number of aliphatic hydroxyl groups excluding tert-OH is 1. The molecule has 1 aromatic carbocycles. The van der Waals surface area contributed by atoms with Gasteiger partial charge in [-0.2, -0.15) is 0 Å². The molecule has 8 nitrogen and oxygen atoms in total.